The molecule has 0 bridgehead atoms. The molecule has 0 amide bonds. The van der Waals surface area contributed by atoms with E-state index in [2.05, 4.69) is 107 Å². The zero-order valence-corrected chi connectivity index (χ0v) is 33.3. The molecule has 4 aromatic carbocycles. The van der Waals surface area contributed by atoms with Crippen molar-refractivity contribution in [2.45, 2.75) is 26.9 Å². The molecule has 0 aliphatic rings. The van der Waals surface area contributed by atoms with E-state index < -0.39 is 0 Å². The van der Waals surface area contributed by atoms with E-state index >= 15 is 0 Å². The van der Waals surface area contributed by atoms with E-state index in [1.54, 1.807) is 12.4 Å². The first-order valence-corrected chi connectivity index (χ1v) is 19.9. The van der Waals surface area contributed by atoms with Crippen LogP contribution in [-0.2, 0) is 13.1 Å². The van der Waals surface area contributed by atoms with Gasteiger partial charge in [-0.25, -0.2) is 19.0 Å². The number of fused-ring (bicyclic) bond motifs is 2. The van der Waals surface area contributed by atoms with Gasteiger partial charge < -0.3 is 10.6 Å². The summed E-state index contributed by atoms with van der Waals surface area (Å²) >= 11 is 0. The second kappa shape index (κ2) is 17.3. The van der Waals surface area contributed by atoms with Crippen molar-refractivity contribution in [1.82, 2.24) is 39.2 Å². The smallest absolute Gasteiger partial charge is 0.182 e. The van der Waals surface area contributed by atoms with E-state index in [0.29, 0.717) is 24.7 Å². The van der Waals surface area contributed by atoms with Crippen LogP contribution in [-0.4, -0.2) is 39.2 Å². The van der Waals surface area contributed by atoms with Crippen LogP contribution in [0.25, 0.3) is 56.1 Å². The van der Waals surface area contributed by atoms with Crippen molar-refractivity contribution in [3.05, 3.63) is 205 Å². The molecule has 60 heavy (non-hydrogen) atoms. The fraction of sp³-hybridized carbons (Fsp3) is 0.0800. The van der Waals surface area contributed by atoms with Crippen LogP contribution in [0.3, 0.4) is 0 Å². The standard InChI is InChI=1S/2C25H21N5/c1-18-8-7-11-20(16-18)24-28-25(27-17-21-12-5-6-14-26-21)23-22(13-15-30(23)29-24)19-9-3-2-4-10-19;1-18-10-12-20(13-11-18)24-28-25(27-17-21-9-5-6-15-26-21)23-22(14-16-30(23)29-24)19-7-3-2-4-8-19/h2*2-16H,17H2,1H3,(H,27,28,29). The molecule has 6 aromatic heterocycles. The van der Waals surface area contributed by atoms with Gasteiger partial charge in [0.1, 0.15) is 11.0 Å². The van der Waals surface area contributed by atoms with Gasteiger partial charge in [-0.3, -0.25) is 9.97 Å². The Hall–Kier alpha value is -7.98. The summed E-state index contributed by atoms with van der Waals surface area (Å²) < 4.78 is 3.82. The summed E-state index contributed by atoms with van der Waals surface area (Å²) in [5, 5.41) is 16.6. The lowest BCUT2D eigenvalue weighted by Gasteiger charge is -2.12. The molecule has 0 saturated heterocycles. The molecular weight excluding hydrogens is 741 g/mol. The maximum absolute atomic E-state index is 4.91. The second-order valence-electron chi connectivity index (χ2n) is 14.4. The van der Waals surface area contributed by atoms with Gasteiger partial charge in [-0.15, -0.1) is 10.2 Å². The number of nitrogens with one attached hydrogen (secondary N) is 2. The summed E-state index contributed by atoms with van der Waals surface area (Å²) in [4.78, 5) is 18.7. The zero-order chi connectivity index (χ0) is 40.7. The number of pyridine rings is 2. The van der Waals surface area contributed by atoms with E-state index in [0.717, 1.165) is 67.4 Å². The molecule has 10 rings (SSSR count). The fourth-order valence-corrected chi connectivity index (χ4v) is 7.08. The van der Waals surface area contributed by atoms with Crippen molar-refractivity contribution in [3.8, 4) is 45.0 Å². The summed E-state index contributed by atoms with van der Waals surface area (Å²) in [7, 11) is 0. The van der Waals surface area contributed by atoms with Crippen molar-refractivity contribution < 1.29 is 0 Å². The highest BCUT2D eigenvalue weighted by atomic mass is 15.3. The Labute approximate surface area is 348 Å². The Bertz CT molecular complexity index is 2980. The second-order valence-corrected chi connectivity index (χ2v) is 14.4. The van der Waals surface area contributed by atoms with E-state index in [4.69, 9.17) is 20.2 Å². The Morgan fingerprint density at radius 3 is 1.40 bits per heavy atom. The molecule has 0 aliphatic heterocycles. The maximum Gasteiger partial charge on any atom is 0.182 e. The van der Waals surface area contributed by atoms with Gasteiger partial charge in [0.2, 0.25) is 0 Å². The Morgan fingerprint density at radius 2 is 0.917 bits per heavy atom. The minimum absolute atomic E-state index is 0.584. The molecule has 0 radical (unpaired) electrons. The first-order valence-electron chi connectivity index (χ1n) is 19.9. The van der Waals surface area contributed by atoms with Crippen LogP contribution in [0.4, 0.5) is 11.6 Å². The lowest BCUT2D eigenvalue weighted by molar-refractivity contribution is 0.906. The Kier molecular flexibility index (Phi) is 10.8. The van der Waals surface area contributed by atoms with Crippen molar-refractivity contribution in [2.24, 2.45) is 0 Å². The molecular formula is C50H42N10. The average molecular weight is 783 g/mol. The van der Waals surface area contributed by atoms with Gasteiger partial charge in [0.05, 0.1) is 24.5 Å². The molecule has 0 fully saturated rings. The lowest BCUT2D eigenvalue weighted by Crippen LogP contribution is -2.08. The van der Waals surface area contributed by atoms with Crippen molar-refractivity contribution in [2.75, 3.05) is 10.6 Å². The monoisotopic (exact) mass is 782 g/mol. The predicted octanol–water partition coefficient (Wildman–Crippen LogP) is 10.8. The van der Waals surface area contributed by atoms with Gasteiger partial charge in [0, 0.05) is 47.0 Å². The minimum atomic E-state index is 0.584. The van der Waals surface area contributed by atoms with Gasteiger partial charge in [-0.05, 0) is 67.4 Å². The average Bonchev–Trinajstić information content (AvgIpc) is 3.95. The highest BCUT2D eigenvalue weighted by Gasteiger charge is 2.17. The molecule has 0 unspecified atom stereocenters. The molecule has 10 nitrogen and oxygen atoms in total. The fourth-order valence-electron chi connectivity index (χ4n) is 7.08. The summed E-state index contributed by atoms with van der Waals surface area (Å²) in [5.41, 5.74) is 12.6. The van der Waals surface area contributed by atoms with Crippen molar-refractivity contribution in [3.63, 3.8) is 0 Å². The van der Waals surface area contributed by atoms with Crippen LogP contribution in [0, 0.1) is 13.8 Å². The van der Waals surface area contributed by atoms with E-state index in [1.165, 1.54) is 11.1 Å². The number of hydrogen-bond acceptors (Lipinski definition) is 8. The molecule has 292 valence electrons. The summed E-state index contributed by atoms with van der Waals surface area (Å²) in [6, 6.07) is 53.1. The zero-order valence-electron chi connectivity index (χ0n) is 33.3. The summed E-state index contributed by atoms with van der Waals surface area (Å²) in [5.74, 6) is 2.94. The normalized spacial score (nSPS) is 11.0. The number of aryl methyl sites for hydroxylation is 2. The van der Waals surface area contributed by atoms with Crippen LogP contribution >= 0.6 is 0 Å². The van der Waals surface area contributed by atoms with Crippen LogP contribution in [0.2, 0.25) is 0 Å². The van der Waals surface area contributed by atoms with Crippen LogP contribution in [0.1, 0.15) is 22.5 Å². The van der Waals surface area contributed by atoms with Crippen LogP contribution < -0.4 is 10.6 Å². The molecule has 6 heterocycles. The van der Waals surface area contributed by atoms with Crippen molar-refractivity contribution >= 4 is 22.7 Å². The molecule has 0 atom stereocenters. The number of hydrogen-bond donors (Lipinski definition) is 2. The van der Waals surface area contributed by atoms with Gasteiger partial charge in [-0.2, -0.15) is 0 Å². The van der Waals surface area contributed by atoms with Gasteiger partial charge in [0.15, 0.2) is 23.3 Å². The SMILES string of the molecule is Cc1ccc(-c2nc(NCc3ccccn3)c3c(-c4ccccc4)ccn3n2)cc1.Cc1cccc(-c2nc(NCc3ccccn3)c3c(-c4ccccc4)ccn3n2)c1. The number of nitrogens with zero attached hydrogens (tertiary/aromatic N) is 8. The van der Waals surface area contributed by atoms with Gasteiger partial charge in [0.25, 0.3) is 0 Å². The van der Waals surface area contributed by atoms with E-state index in [9.17, 15) is 0 Å². The molecule has 10 heteroatoms. The van der Waals surface area contributed by atoms with Gasteiger partial charge >= 0.3 is 0 Å². The van der Waals surface area contributed by atoms with E-state index in [-0.39, 0.29) is 0 Å². The van der Waals surface area contributed by atoms with Gasteiger partial charge in [-0.1, -0.05) is 126 Å². The largest absolute Gasteiger partial charge is 0.363 e. The van der Waals surface area contributed by atoms with Crippen molar-refractivity contribution in [1.29, 1.82) is 0 Å². The molecule has 10 aromatic rings. The third-order valence-electron chi connectivity index (χ3n) is 10.1. The van der Waals surface area contributed by atoms with Crippen LogP contribution in [0.15, 0.2) is 183 Å². The maximum atomic E-state index is 4.91. The highest BCUT2D eigenvalue weighted by molar-refractivity contribution is 5.90. The summed E-state index contributed by atoms with van der Waals surface area (Å²) in [6.07, 6.45) is 7.59. The third kappa shape index (κ3) is 8.34. The quantitative estimate of drug-likeness (QED) is 0.141. The topological polar surface area (TPSA) is 110 Å². The Balaban J connectivity index is 0.000000154. The number of benzene rings is 4. The Morgan fingerprint density at radius 1 is 0.433 bits per heavy atom. The first-order chi connectivity index (χ1) is 29.6. The molecule has 0 spiro atoms. The predicted molar refractivity (Wildman–Crippen MR) is 240 cm³/mol. The minimum Gasteiger partial charge on any atom is -0.363 e. The number of rotatable bonds is 10. The molecule has 0 saturated carbocycles. The van der Waals surface area contributed by atoms with E-state index in [1.807, 2.05) is 106 Å². The first kappa shape index (κ1) is 37.6. The third-order valence-corrected chi connectivity index (χ3v) is 10.1. The molecule has 2 N–H and O–H groups in total. The molecule has 0 aliphatic carbocycles. The number of anilines is 2. The highest BCUT2D eigenvalue weighted by Crippen LogP contribution is 2.33. The number of aromatic nitrogens is 8. The van der Waals surface area contributed by atoms with Crippen LogP contribution in [0.5, 0.6) is 0 Å². The lowest BCUT2D eigenvalue weighted by atomic mass is 10.1. The summed E-state index contributed by atoms with van der Waals surface area (Å²) in [6.45, 7) is 5.32.